The molecule has 2 aromatic rings. The summed E-state index contributed by atoms with van der Waals surface area (Å²) in [6.07, 6.45) is 1.04. The summed E-state index contributed by atoms with van der Waals surface area (Å²) in [5.74, 6) is -0.0300. The number of benzene rings is 1. The minimum atomic E-state index is -0.230. The van der Waals surface area contributed by atoms with Gasteiger partial charge in [0.05, 0.1) is 5.25 Å². The Hall–Kier alpha value is -1.60. The second kappa shape index (κ2) is 8.14. The van der Waals surface area contributed by atoms with Crippen LogP contribution in [0.1, 0.15) is 25.8 Å². The van der Waals surface area contributed by atoms with Gasteiger partial charge in [-0.15, -0.1) is 10.2 Å². The summed E-state index contributed by atoms with van der Waals surface area (Å²) >= 11 is 2.90. The third kappa shape index (κ3) is 4.71. The number of aromatic nitrogens is 2. The summed E-state index contributed by atoms with van der Waals surface area (Å²) in [4.78, 5) is 12.3. The van der Waals surface area contributed by atoms with E-state index in [0.717, 1.165) is 33.7 Å². The van der Waals surface area contributed by atoms with Crippen molar-refractivity contribution in [2.24, 2.45) is 0 Å². The molecule has 5 nitrogen and oxygen atoms in total. The molecule has 0 bridgehead atoms. The van der Waals surface area contributed by atoms with Crippen LogP contribution in [0.15, 0.2) is 28.6 Å². The Bertz CT molecular complexity index is 630. The number of nitrogens with one attached hydrogen (secondary N) is 2. The summed E-state index contributed by atoms with van der Waals surface area (Å²) in [5.41, 5.74) is 1.90. The quantitative estimate of drug-likeness (QED) is 0.753. The number of thioether (sulfide) groups is 1. The van der Waals surface area contributed by atoms with Gasteiger partial charge >= 0.3 is 0 Å². The fourth-order valence-electron chi connectivity index (χ4n) is 1.71. The Balaban J connectivity index is 1.91. The average Bonchev–Trinajstić information content (AvgIpc) is 2.94. The largest absolute Gasteiger partial charge is 0.360 e. The molecule has 118 valence electrons. The fraction of sp³-hybridized carbons (Fsp3) is 0.400. The van der Waals surface area contributed by atoms with Crippen molar-refractivity contribution >= 4 is 39.8 Å². The van der Waals surface area contributed by atoms with Crippen molar-refractivity contribution in [3.8, 4) is 0 Å². The lowest BCUT2D eigenvalue weighted by Crippen LogP contribution is -2.22. The molecule has 0 saturated heterocycles. The lowest BCUT2D eigenvalue weighted by atomic mass is 10.2. The topological polar surface area (TPSA) is 66.9 Å². The van der Waals surface area contributed by atoms with E-state index in [1.54, 1.807) is 0 Å². The van der Waals surface area contributed by atoms with Crippen LogP contribution >= 0.6 is 23.1 Å². The van der Waals surface area contributed by atoms with Gasteiger partial charge in [0.1, 0.15) is 0 Å². The van der Waals surface area contributed by atoms with E-state index in [2.05, 4.69) is 27.8 Å². The molecular weight excluding hydrogens is 316 g/mol. The molecule has 22 heavy (non-hydrogen) atoms. The van der Waals surface area contributed by atoms with Gasteiger partial charge < -0.3 is 10.6 Å². The first kappa shape index (κ1) is 16.8. The Labute approximate surface area is 138 Å². The molecular formula is C15H20N4OS2. The standard InChI is InChI=1S/C15H20N4OS2/c1-4-9-16-14-18-19-15(22-14)21-11(3)13(20)17-12-8-6-5-7-10(12)2/h5-8,11H,4,9H2,1-3H3,(H,16,18)(H,17,20). The van der Waals surface area contributed by atoms with E-state index in [4.69, 9.17) is 0 Å². The van der Waals surface area contributed by atoms with Gasteiger partial charge in [0, 0.05) is 12.2 Å². The molecule has 0 aliphatic rings. The zero-order chi connectivity index (χ0) is 15.9. The number of para-hydroxylation sites is 1. The Kier molecular flexibility index (Phi) is 6.21. The molecule has 1 amide bonds. The third-order valence-electron chi connectivity index (χ3n) is 2.98. The van der Waals surface area contributed by atoms with E-state index < -0.39 is 0 Å². The zero-order valence-corrected chi connectivity index (χ0v) is 14.6. The predicted molar refractivity (Wildman–Crippen MR) is 93.8 cm³/mol. The molecule has 0 spiro atoms. The van der Waals surface area contributed by atoms with Crippen molar-refractivity contribution in [3.05, 3.63) is 29.8 Å². The molecule has 1 unspecified atom stereocenters. The van der Waals surface area contributed by atoms with Crippen molar-refractivity contribution < 1.29 is 4.79 Å². The number of rotatable bonds is 7. The maximum atomic E-state index is 12.3. The number of hydrogen-bond donors (Lipinski definition) is 2. The second-order valence-corrected chi connectivity index (χ2v) is 7.43. The van der Waals surface area contributed by atoms with Crippen LogP contribution in [0.25, 0.3) is 0 Å². The van der Waals surface area contributed by atoms with Gasteiger partial charge in [-0.05, 0) is 31.9 Å². The van der Waals surface area contributed by atoms with E-state index >= 15 is 0 Å². The second-order valence-electron chi connectivity index (χ2n) is 4.86. The van der Waals surface area contributed by atoms with Crippen molar-refractivity contribution in [2.45, 2.75) is 36.8 Å². The first-order chi connectivity index (χ1) is 10.6. The molecule has 0 fully saturated rings. The SMILES string of the molecule is CCCNc1nnc(SC(C)C(=O)Nc2ccccc2C)s1. The van der Waals surface area contributed by atoms with Crippen molar-refractivity contribution in [1.29, 1.82) is 0 Å². The van der Waals surface area contributed by atoms with E-state index in [9.17, 15) is 4.79 Å². The van der Waals surface area contributed by atoms with Crippen LogP contribution in [0.3, 0.4) is 0 Å². The zero-order valence-electron chi connectivity index (χ0n) is 12.9. The molecule has 7 heteroatoms. The number of aryl methyl sites for hydroxylation is 1. The maximum Gasteiger partial charge on any atom is 0.237 e. The number of hydrogen-bond acceptors (Lipinski definition) is 6. The van der Waals surface area contributed by atoms with E-state index in [0.29, 0.717) is 0 Å². The van der Waals surface area contributed by atoms with Crippen LogP contribution < -0.4 is 10.6 Å². The van der Waals surface area contributed by atoms with Crippen molar-refractivity contribution in [2.75, 3.05) is 17.2 Å². The molecule has 0 aliphatic heterocycles. The first-order valence-electron chi connectivity index (χ1n) is 7.20. The van der Waals surface area contributed by atoms with Gasteiger partial charge in [-0.3, -0.25) is 4.79 Å². The van der Waals surface area contributed by atoms with Gasteiger partial charge in [-0.1, -0.05) is 48.2 Å². The monoisotopic (exact) mass is 336 g/mol. The average molecular weight is 336 g/mol. The third-order valence-corrected chi connectivity index (χ3v) is 5.05. The molecule has 2 rings (SSSR count). The highest BCUT2D eigenvalue weighted by atomic mass is 32.2. The Morgan fingerprint density at radius 2 is 2.14 bits per heavy atom. The van der Waals surface area contributed by atoms with Crippen LogP contribution in [-0.2, 0) is 4.79 Å². The summed E-state index contributed by atoms with van der Waals surface area (Å²) in [6.45, 7) is 6.83. The van der Waals surface area contributed by atoms with Crippen molar-refractivity contribution in [3.63, 3.8) is 0 Å². The first-order valence-corrected chi connectivity index (χ1v) is 8.90. The van der Waals surface area contributed by atoms with Crippen LogP contribution in [0.4, 0.5) is 10.8 Å². The molecule has 0 radical (unpaired) electrons. The lowest BCUT2D eigenvalue weighted by Gasteiger charge is -2.11. The number of carbonyl (C=O) groups excluding carboxylic acids is 1. The highest BCUT2D eigenvalue weighted by Gasteiger charge is 2.17. The number of anilines is 2. The Morgan fingerprint density at radius 3 is 2.86 bits per heavy atom. The smallest absolute Gasteiger partial charge is 0.237 e. The number of amides is 1. The van der Waals surface area contributed by atoms with E-state index in [1.807, 2.05) is 38.1 Å². The Morgan fingerprint density at radius 1 is 1.36 bits per heavy atom. The predicted octanol–water partition coefficient (Wildman–Crippen LogP) is 3.79. The van der Waals surface area contributed by atoms with Gasteiger partial charge in [0.25, 0.3) is 0 Å². The van der Waals surface area contributed by atoms with E-state index in [-0.39, 0.29) is 11.2 Å². The summed E-state index contributed by atoms with van der Waals surface area (Å²) < 4.78 is 0.797. The number of carbonyl (C=O) groups is 1. The fourth-order valence-corrected chi connectivity index (χ4v) is 3.63. The highest BCUT2D eigenvalue weighted by molar-refractivity contribution is 8.02. The molecule has 0 saturated carbocycles. The molecule has 1 atom stereocenters. The maximum absolute atomic E-state index is 12.3. The van der Waals surface area contributed by atoms with Crippen LogP contribution in [0.2, 0.25) is 0 Å². The molecule has 1 aromatic carbocycles. The van der Waals surface area contributed by atoms with Crippen LogP contribution in [-0.4, -0.2) is 27.9 Å². The summed E-state index contributed by atoms with van der Waals surface area (Å²) in [5, 5.41) is 14.9. The molecule has 1 aromatic heterocycles. The van der Waals surface area contributed by atoms with E-state index in [1.165, 1.54) is 23.1 Å². The minimum absolute atomic E-state index is 0.0300. The van der Waals surface area contributed by atoms with Gasteiger partial charge in [-0.2, -0.15) is 0 Å². The molecule has 1 heterocycles. The van der Waals surface area contributed by atoms with Crippen molar-refractivity contribution in [1.82, 2.24) is 10.2 Å². The van der Waals surface area contributed by atoms with Gasteiger partial charge in [0.15, 0.2) is 4.34 Å². The normalized spacial score (nSPS) is 12.0. The minimum Gasteiger partial charge on any atom is -0.360 e. The highest BCUT2D eigenvalue weighted by Crippen LogP contribution is 2.29. The lowest BCUT2D eigenvalue weighted by molar-refractivity contribution is -0.115. The summed E-state index contributed by atoms with van der Waals surface area (Å²) in [7, 11) is 0. The van der Waals surface area contributed by atoms with Crippen LogP contribution in [0.5, 0.6) is 0 Å². The van der Waals surface area contributed by atoms with Gasteiger partial charge in [0.2, 0.25) is 11.0 Å². The van der Waals surface area contributed by atoms with Crippen LogP contribution in [0, 0.1) is 6.92 Å². The molecule has 0 aliphatic carbocycles. The number of nitrogens with zero attached hydrogens (tertiary/aromatic N) is 2. The summed E-state index contributed by atoms with van der Waals surface area (Å²) in [6, 6.07) is 7.75. The van der Waals surface area contributed by atoms with Gasteiger partial charge in [-0.25, -0.2) is 0 Å². The molecule has 2 N–H and O–H groups in total.